The van der Waals surface area contributed by atoms with Crippen molar-refractivity contribution in [1.29, 1.82) is 0 Å². The van der Waals surface area contributed by atoms with Gasteiger partial charge in [0.1, 0.15) is 0 Å². The van der Waals surface area contributed by atoms with Gasteiger partial charge in [-0.15, -0.1) is 0 Å². The number of rotatable bonds is 4. The molecule has 0 bridgehead atoms. The molecule has 2 saturated heterocycles. The lowest BCUT2D eigenvalue weighted by molar-refractivity contribution is -0.118. The lowest BCUT2D eigenvalue weighted by atomic mass is 10.2. The first-order valence-corrected chi connectivity index (χ1v) is 7.91. The first-order valence-electron chi connectivity index (χ1n) is 7.91. The van der Waals surface area contributed by atoms with Crippen molar-refractivity contribution in [3.63, 3.8) is 0 Å². The molecule has 0 unspecified atom stereocenters. The molecule has 2 fully saturated rings. The van der Waals surface area contributed by atoms with Crippen LogP contribution in [0.15, 0.2) is 24.3 Å². The summed E-state index contributed by atoms with van der Waals surface area (Å²) in [4.78, 5) is 24.4. The number of amides is 2. The van der Waals surface area contributed by atoms with Gasteiger partial charge in [-0.05, 0) is 50.9 Å². The van der Waals surface area contributed by atoms with Gasteiger partial charge in [-0.3, -0.25) is 9.59 Å². The number of hydrogen-bond acceptors (Lipinski definition) is 4. The Kier molecular flexibility index (Phi) is 4.70. The molecule has 2 amide bonds. The molecule has 0 saturated carbocycles. The van der Waals surface area contributed by atoms with Crippen LogP contribution < -0.4 is 21.3 Å². The lowest BCUT2D eigenvalue weighted by Crippen LogP contribution is -2.37. The highest BCUT2D eigenvalue weighted by Crippen LogP contribution is 2.22. The van der Waals surface area contributed by atoms with E-state index >= 15 is 0 Å². The van der Waals surface area contributed by atoms with Gasteiger partial charge >= 0.3 is 0 Å². The largest absolute Gasteiger partial charge is 0.323 e. The van der Waals surface area contributed by atoms with Gasteiger partial charge in [-0.2, -0.15) is 0 Å². The maximum absolute atomic E-state index is 12.2. The van der Waals surface area contributed by atoms with Crippen LogP contribution >= 0.6 is 0 Å². The molecular formula is C16H22N4O2. The molecule has 2 aliphatic heterocycles. The minimum atomic E-state index is -0.139. The Morgan fingerprint density at radius 3 is 1.68 bits per heavy atom. The Morgan fingerprint density at radius 1 is 0.864 bits per heavy atom. The summed E-state index contributed by atoms with van der Waals surface area (Å²) in [6.45, 7) is 1.76. The van der Waals surface area contributed by atoms with Crippen LogP contribution in [0.1, 0.15) is 25.7 Å². The SMILES string of the molecule is O=C(Nc1ccccc1NC(=O)[C@H]1CCCN1)[C@@H]1CCCN1. The van der Waals surface area contributed by atoms with Crippen molar-refractivity contribution < 1.29 is 9.59 Å². The zero-order valence-electron chi connectivity index (χ0n) is 12.5. The number of carbonyl (C=O) groups is 2. The summed E-state index contributed by atoms with van der Waals surface area (Å²) in [6, 6.07) is 7.04. The fourth-order valence-electron chi connectivity index (χ4n) is 2.96. The number of nitrogens with one attached hydrogen (secondary N) is 4. The molecule has 4 N–H and O–H groups in total. The van der Waals surface area contributed by atoms with Crippen LogP contribution in [-0.4, -0.2) is 37.0 Å². The van der Waals surface area contributed by atoms with Crippen LogP contribution in [-0.2, 0) is 9.59 Å². The Bertz CT molecular complexity index is 500. The van der Waals surface area contributed by atoms with E-state index in [0.29, 0.717) is 11.4 Å². The van der Waals surface area contributed by atoms with Crippen molar-refractivity contribution >= 4 is 23.2 Å². The summed E-state index contributed by atoms with van der Waals surface area (Å²) < 4.78 is 0. The molecule has 2 heterocycles. The van der Waals surface area contributed by atoms with Crippen LogP contribution in [0, 0.1) is 0 Å². The van der Waals surface area contributed by atoms with Crippen molar-refractivity contribution in [1.82, 2.24) is 10.6 Å². The summed E-state index contributed by atoms with van der Waals surface area (Å²) in [5.41, 5.74) is 1.29. The van der Waals surface area contributed by atoms with Gasteiger partial charge in [0.2, 0.25) is 11.8 Å². The van der Waals surface area contributed by atoms with Gasteiger partial charge in [-0.1, -0.05) is 12.1 Å². The number of hydrogen-bond donors (Lipinski definition) is 4. The summed E-state index contributed by atoms with van der Waals surface area (Å²) in [5.74, 6) is -0.0867. The van der Waals surface area contributed by atoms with Gasteiger partial charge in [-0.25, -0.2) is 0 Å². The Morgan fingerprint density at radius 2 is 1.32 bits per heavy atom. The highest BCUT2D eigenvalue weighted by molar-refractivity contribution is 6.02. The zero-order chi connectivity index (χ0) is 15.4. The summed E-state index contributed by atoms with van der Waals surface area (Å²) in [6.07, 6.45) is 3.74. The molecule has 0 radical (unpaired) electrons. The Labute approximate surface area is 130 Å². The third-order valence-electron chi connectivity index (χ3n) is 4.20. The van der Waals surface area contributed by atoms with Gasteiger partial charge in [0.25, 0.3) is 0 Å². The minimum Gasteiger partial charge on any atom is -0.323 e. The molecule has 6 heteroatoms. The van der Waals surface area contributed by atoms with E-state index in [1.54, 1.807) is 0 Å². The average Bonchev–Trinajstić information content (AvgIpc) is 3.23. The average molecular weight is 302 g/mol. The zero-order valence-corrected chi connectivity index (χ0v) is 12.5. The number of benzene rings is 1. The quantitative estimate of drug-likeness (QED) is 0.670. The van der Waals surface area contributed by atoms with Crippen LogP contribution in [0.2, 0.25) is 0 Å². The second-order valence-corrected chi connectivity index (χ2v) is 5.82. The highest BCUT2D eigenvalue weighted by Gasteiger charge is 2.24. The molecule has 22 heavy (non-hydrogen) atoms. The topological polar surface area (TPSA) is 82.3 Å². The van der Waals surface area contributed by atoms with Crippen LogP contribution in [0.3, 0.4) is 0 Å². The third-order valence-corrected chi connectivity index (χ3v) is 4.20. The Hall–Kier alpha value is -1.92. The number of para-hydroxylation sites is 2. The summed E-state index contributed by atoms with van der Waals surface area (Å²) in [7, 11) is 0. The molecule has 6 nitrogen and oxygen atoms in total. The normalized spacial score (nSPS) is 24.2. The van der Waals surface area contributed by atoms with E-state index in [1.807, 2.05) is 24.3 Å². The number of anilines is 2. The van der Waals surface area contributed by atoms with Gasteiger partial charge in [0.15, 0.2) is 0 Å². The van der Waals surface area contributed by atoms with Gasteiger partial charge in [0, 0.05) is 0 Å². The van der Waals surface area contributed by atoms with E-state index in [2.05, 4.69) is 21.3 Å². The first-order chi connectivity index (χ1) is 10.7. The molecule has 1 aromatic carbocycles. The van der Waals surface area contributed by atoms with Crippen LogP contribution in [0.5, 0.6) is 0 Å². The van der Waals surface area contributed by atoms with Crippen molar-refractivity contribution in [2.45, 2.75) is 37.8 Å². The standard InChI is InChI=1S/C16H22N4O2/c21-15(13-7-3-9-17-13)19-11-5-1-2-6-12(11)20-16(22)14-8-4-10-18-14/h1-2,5-6,13-14,17-18H,3-4,7-10H2,(H,19,21)(H,20,22)/t13-,14+. The Balaban J connectivity index is 1.66. The van der Waals surface area contributed by atoms with Crippen molar-refractivity contribution in [3.8, 4) is 0 Å². The fraction of sp³-hybridized carbons (Fsp3) is 0.500. The fourth-order valence-corrected chi connectivity index (χ4v) is 2.96. The van der Waals surface area contributed by atoms with E-state index in [4.69, 9.17) is 0 Å². The summed E-state index contributed by atoms with van der Waals surface area (Å²) in [5, 5.41) is 12.2. The van der Waals surface area contributed by atoms with Crippen molar-refractivity contribution in [2.75, 3.05) is 23.7 Å². The molecule has 0 spiro atoms. The predicted octanol–water partition coefficient (Wildman–Crippen LogP) is 1.07. The maximum atomic E-state index is 12.2. The molecule has 2 atom stereocenters. The van der Waals surface area contributed by atoms with E-state index in [9.17, 15) is 9.59 Å². The van der Waals surface area contributed by atoms with Crippen LogP contribution in [0.4, 0.5) is 11.4 Å². The molecule has 2 aliphatic rings. The minimum absolute atomic E-state index is 0.0433. The second-order valence-electron chi connectivity index (χ2n) is 5.82. The van der Waals surface area contributed by atoms with Crippen molar-refractivity contribution in [3.05, 3.63) is 24.3 Å². The first kappa shape index (κ1) is 15.0. The monoisotopic (exact) mass is 302 g/mol. The van der Waals surface area contributed by atoms with E-state index in [0.717, 1.165) is 38.8 Å². The molecule has 118 valence electrons. The molecule has 0 aromatic heterocycles. The second kappa shape index (κ2) is 6.89. The highest BCUT2D eigenvalue weighted by atomic mass is 16.2. The third kappa shape index (κ3) is 3.45. The van der Waals surface area contributed by atoms with E-state index < -0.39 is 0 Å². The van der Waals surface area contributed by atoms with Crippen LogP contribution in [0.25, 0.3) is 0 Å². The van der Waals surface area contributed by atoms with Crippen molar-refractivity contribution in [2.24, 2.45) is 0 Å². The molecule has 3 rings (SSSR count). The smallest absolute Gasteiger partial charge is 0.241 e. The lowest BCUT2D eigenvalue weighted by Gasteiger charge is -2.16. The molecule has 0 aliphatic carbocycles. The maximum Gasteiger partial charge on any atom is 0.241 e. The molecule has 1 aromatic rings. The van der Waals surface area contributed by atoms with Gasteiger partial charge in [0.05, 0.1) is 23.5 Å². The number of carbonyl (C=O) groups excluding carboxylic acids is 2. The van der Waals surface area contributed by atoms with E-state index in [1.165, 1.54) is 0 Å². The molecular weight excluding hydrogens is 280 g/mol. The summed E-state index contributed by atoms with van der Waals surface area (Å²) >= 11 is 0. The van der Waals surface area contributed by atoms with E-state index in [-0.39, 0.29) is 23.9 Å². The van der Waals surface area contributed by atoms with Gasteiger partial charge < -0.3 is 21.3 Å². The predicted molar refractivity (Wildman–Crippen MR) is 85.8 cm³/mol.